The second kappa shape index (κ2) is 5.17. The van der Waals surface area contributed by atoms with Crippen molar-refractivity contribution in [2.45, 2.75) is 13.0 Å². The molecule has 0 saturated heterocycles. The Kier molecular flexibility index (Phi) is 4.91. The molecule has 0 amide bonds. The lowest BCUT2D eigenvalue weighted by molar-refractivity contribution is 0.370. The zero-order chi connectivity index (χ0) is 10.5. The van der Waals surface area contributed by atoms with Gasteiger partial charge in [0.25, 0.3) is 0 Å². The molecule has 1 N–H and O–H groups in total. The van der Waals surface area contributed by atoms with Gasteiger partial charge in [0.1, 0.15) is 0 Å². The van der Waals surface area contributed by atoms with Crippen LogP contribution in [-0.2, 0) is 10.0 Å². The lowest BCUT2D eigenvalue weighted by atomic mass is 10.3. The van der Waals surface area contributed by atoms with Crippen molar-refractivity contribution in [3.05, 3.63) is 0 Å². The van der Waals surface area contributed by atoms with Crippen LogP contribution in [0, 0.1) is 11.3 Å². The van der Waals surface area contributed by atoms with Gasteiger partial charge >= 0.3 is 0 Å². The topological polar surface area (TPSA) is 73.2 Å². The minimum absolute atomic E-state index is 0.173. The third-order valence-corrected chi connectivity index (χ3v) is 2.54. The van der Waals surface area contributed by atoms with E-state index < -0.39 is 15.8 Å². The van der Waals surface area contributed by atoms with Gasteiger partial charge < -0.3 is 4.90 Å². The molecular weight excluding hydrogens is 190 g/mol. The highest BCUT2D eigenvalue weighted by Crippen LogP contribution is 1.90. The fourth-order valence-electron chi connectivity index (χ4n) is 1.02. The lowest BCUT2D eigenvalue weighted by Gasteiger charge is -2.17. The van der Waals surface area contributed by atoms with Gasteiger partial charge in [-0.05, 0) is 21.0 Å². The number of sulfonamides is 1. The van der Waals surface area contributed by atoms with Crippen molar-refractivity contribution in [2.24, 2.45) is 0 Å². The van der Waals surface area contributed by atoms with Crippen LogP contribution in [0.2, 0.25) is 0 Å². The number of likely N-dealkylation sites (N-methyl/N-ethyl adjacent to an activating group) is 1. The fraction of sp³-hybridized carbons (Fsp3) is 0.857. The first-order valence-electron chi connectivity index (χ1n) is 3.89. The fourth-order valence-corrected chi connectivity index (χ4v) is 1.96. The second-order valence-corrected chi connectivity index (χ2v) is 4.95. The van der Waals surface area contributed by atoms with E-state index in [2.05, 4.69) is 4.72 Å². The molecule has 0 rings (SSSR count). The first-order valence-corrected chi connectivity index (χ1v) is 5.54. The Bertz CT molecular complexity index is 279. The van der Waals surface area contributed by atoms with Gasteiger partial charge in [-0.15, -0.1) is 0 Å². The van der Waals surface area contributed by atoms with E-state index in [9.17, 15) is 8.42 Å². The predicted molar refractivity (Wildman–Crippen MR) is 50.6 cm³/mol. The van der Waals surface area contributed by atoms with Gasteiger partial charge in [-0.1, -0.05) is 0 Å². The van der Waals surface area contributed by atoms with E-state index >= 15 is 0 Å². The molecule has 0 aromatic carbocycles. The summed E-state index contributed by atoms with van der Waals surface area (Å²) >= 11 is 0. The Labute approximate surface area is 79.4 Å². The van der Waals surface area contributed by atoms with Crippen LogP contribution in [0.4, 0.5) is 0 Å². The number of hydrogen-bond donors (Lipinski definition) is 1. The standard InChI is InChI=1S/C7H15N3O2S/c1-7(6-10(2)3)9-13(11,12)5-4-8/h7,9H,5-6H2,1-3H3. The third kappa shape index (κ3) is 6.51. The Morgan fingerprint density at radius 2 is 2.08 bits per heavy atom. The Hall–Kier alpha value is -0.640. The lowest BCUT2D eigenvalue weighted by Crippen LogP contribution is -2.40. The molecule has 6 heteroatoms. The Morgan fingerprint density at radius 3 is 2.46 bits per heavy atom. The zero-order valence-electron chi connectivity index (χ0n) is 8.11. The summed E-state index contributed by atoms with van der Waals surface area (Å²) in [6.07, 6.45) is 0. The van der Waals surface area contributed by atoms with E-state index in [1.807, 2.05) is 19.0 Å². The van der Waals surface area contributed by atoms with Crippen molar-refractivity contribution >= 4 is 10.0 Å². The average Bonchev–Trinajstić information content (AvgIpc) is 1.81. The molecule has 1 atom stereocenters. The molecule has 0 aliphatic carbocycles. The zero-order valence-corrected chi connectivity index (χ0v) is 8.93. The SMILES string of the molecule is CC(CN(C)C)NS(=O)(=O)CC#N. The first kappa shape index (κ1) is 12.4. The minimum Gasteiger partial charge on any atom is -0.308 e. The van der Waals surface area contributed by atoms with Gasteiger partial charge in [0.15, 0.2) is 5.75 Å². The Morgan fingerprint density at radius 1 is 1.54 bits per heavy atom. The van der Waals surface area contributed by atoms with Crippen LogP contribution in [0.25, 0.3) is 0 Å². The van der Waals surface area contributed by atoms with E-state index in [0.29, 0.717) is 6.54 Å². The Balaban J connectivity index is 4.06. The molecule has 0 aromatic heterocycles. The maximum atomic E-state index is 11.1. The highest BCUT2D eigenvalue weighted by molar-refractivity contribution is 7.89. The molecule has 5 nitrogen and oxygen atoms in total. The summed E-state index contributed by atoms with van der Waals surface area (Å²) in [4.78, 5) is 1.87. The number of nitrogens with zero attached hydrogens (tertiary/aromatic N) is 2. The van der Waals surface area contributed by atoms with E-state index in [1.165, 1.54) is 0 Å². The summed E-state index contributed by atoms with van der Waals surface area (Å²) in [5.41, 5.74) is 0. The molecule has 0 saturated carbocycles. The number of rotatable bonds is 5. The molecule has 13 heavy (non-hydrogen) atoms. The molecule has 0 heterocycles. The normalized spacial score (nSPS) is 14.1. The van der Waals surface area contributed by atoms with Crippen molar-refractivity contribution in [3.8, 4) is 6.07 Å². The molecule has 0 radical (unpaired) electrons. The summed E-state index contributed by atoms with van der Waals surface area (Å²) in [5.74, 6) is -0.481. The molecule has 1 unspecified atom stereocenters. The average molecular weight is 205 g/mol. The maximum absolute atomic E-state index is 11.1. The molecule has 0 fully saturated rings. The first-order chi connectivity index (χ1) is 5.87. The van der Waals surface area contributed by atoms with Crippen LogP contribution in [0.3, 0.4) is 0 Å². The third-order valence-electron chi connectivity index (χ3n) is 1.27. The molecule has 76 valence electrons. The summed E-state index contributed by atoms with van der Waals surface area (Å²) in [6.45, 7) is 2.37. The number of hydrogen-bond acceptors (Lipinski definition) is 4. The largest absolute Gasteiger partial charge is 0.308 e. The number of nitrogens with one attached hydrogen (secondary N) is 1. The van der Waals surface area contributed by atoms with E-state index in [4.69, 9.17) is 5.26 Å². The molecule has 0 aliphatic rings. The molecular formula is C7H15N3O2S. The summed E-state index contributed by atoms with van der Waals surface area (Å²) in [6, 6.07) is 1.43. The van der Waals surface area contributed by atoms with Gasteiger partial charge in [0.2, 0.25) is 10.0 Å². The summed E-state index contributed by atoms with van der Waals surface area (Å²) in [7, 11) is 0.298. The minimum atomic E-state index is -3.41. The van der Waals surface area contributed by atoms with Gasteiger partial charge in [-0.25, -0.2) is 13.1 Å². The van der Waals surface area contributed by atoms with Gasteiger partial charge in [0, 0.05) is 12.6 Å². The second-order valence-electron chi connectivity index (χ2n) is 3.20. The van der Waals surface area contributed by atoms with Crippen molar-refractivity contribution in [1.82, 2.24) is 9.62 Å². The smallest absolute Gasteiger partial charge is 0.225 e. The van der Waals surface area contributed by atoms with Crippen LogP contribution in [0.5, 0.6) is 0 Å². The van der Waals surface area contributed by atoms with E-state index in [1.54, 1.807) is 13.0 Å². The van der Waals surface area contributed by atoms with Crippen molar-refractivity contribution in [3.63, 3.8) is 0 Å². The van der Waals surface area contributed by atoms with Crippen LogP contribution in [0.1, 0.15) is 6.92 Å². The summed E-state index contributed by atoms with van der Waals surface area (Å²) in [5, 5.41) is 8.22. The van der Waals surface area contributed by atoms with Gasteiger partial charge in [-0.2, -0.15) is 5.26 Å². The van der Waals surface area contributed by atoms with E-state index in [0.717, 1.165) is 0 Å². The highest BCUT2D eigenvalue weighted by atomic mass is 32.2. The van der Waals surface area contributed by atoms with Crippen LogP contribution in [0.15, 0.2) is 0 Å². The van der Waals surface area contributed by atoms with Crippen molar-refractivity contribution < 1.29 is 8.42 Å². The van der Waals surface area contributed by atoms with Crippen molar-refractivity contribution in [1.29, 1.82) is 5.26 Å². The van der Waals surface area contributed by atoms with Gasteiger partial charge in [0.05, 0.1) is 6.07 Å². The number of nitriles is 1. The molecule has 0 aliphatic heterocycles. The molecule has 0 spiro atoms. The maximum Gasteiger partial charge on any atom is 0.225 e. The summed E-state index contributed by atoms with van der Waals surface area (Å²) < 4.78 is 24.5. The van der Waals surface area contributed by atoms with Crippen molar-refractivity contribution in [2.75, 3.05) is 26.4 Å². The quantitative estimate of drug-likeness (QED) is 0.649. The highest BCUT2D eigenvalue weighted by Gasteiger charge is 2.13. The molecule has 0 bridgehead atoms. The van der Waals surface area contributed by atoms with Crippen LogP contribution >= 0.6 is 0 Å². The van der Waals surface area contributed by atoms with Gasteiger partial charge in [-0.3, -0.25) is 0 Å². The van der Waals surface area contributed by atoms with Crippen LogP contribution in [-0.4, -0.2) is 45.8 Å². The predicted octanol–water partition coefficient (Wildman–Crippen LogP) is -0.621. The monoisotopic (exact) mass is 205 g/mol. The molecule has 0 aromatic rings. The van der Waals surface area contributed by atoms with Crippen LogP contribution < -0.4 is 4.72 Å². The van der Waals surface area contributed by atoms with E-state index in [-0.39, 0.29) is 6.04 Å².